The molecule has 0 bridgehead atoms. The quantitative estimate of drug-likeness (QED) is 0.755. The summed E-state index contributed by atoms with van der Waals surface area (Å²) in [5.74, 6) is 1.17. The third-order valence-electron chi connectivity index (χ3n) is 3.32. The molecule has 0 saturated heterocycles. The van der Waals surface area contributed by atoms with Crippen LogP contribution in [0.1, 0.15) is 11.5 Å². The van der Waals surface area contributed by atoms with E-state index in [2.05, 4.69) is 15.5 Å². The molecule has 0 unspecified atom stereocenters. The summed E-state index contributed by atoms with van der Waals surface area (Å²) in [5.41, 5.74) is 1.97. The van der Waals surface area contributed by atoms with Gasteiger partial charge in [-0.15, -0.1) is 10.2 Å². The van der Waals surface area contributed by atoms with E-state index in [1.807, 2.05) is 61.5 Å². The first-order valence-corrected chi connectivity index (χ1v) is 7.55. The number of hydrogen-bond acceptors (Lipinski definition) is 5. The van der Waals surface area contributed by atoms with Crippen LogP contribution in [0.4, 0.5) is 0 Å². The molecule has 0 saturated carbocycles. The molecule has 6 nitrogen and oxygen atoms in total. The topological polar surface area (TPSA) is 77.2 Å². The monoisotopic (exact) mass is 323 g/mol. The van der Waals surface area contributed by atoms with Crippen LogP contribution in [-0.4, -0.2) is 22.7 Å². The van der Waals surface area contributed by atoms with Gasteiger partial charge in [-0.05, 0) is 31.2 Å². The molecular formula is C18H17N3O3. The number of aryl methyl sites for hydroxylation is 1. The Labute approximate surface area is 139 Å². The molecule has 0 atom stereocenters. The molecule has 1 amide bonds. The first-order valence-electron chi connectivity index (χ1n) is 7.55. The number of amides is 1. The molecule has 0 aliphatic carbocycles. The van der Waals surface area contributed by atoms with E-state index in [1.54, 1.807) is 0 Å². The van der Waals surface area contributed by atoms with Gasteiger partial charge in [-0.3, -0.25) is 4.79 Å². The van der Waals surface area contributed by atoms with Crippen LogP contribution in [0.15, 0.2) is 59.0 Å². The molecule has 6 heteroatoms. The highest BCUT2D eigenvalue weighted by Crippen LogP contribution is 2.16. The summed E-state index contributed by atoms with van der Waals surface area (Å²) in [4.78, 5) is 11.8. The van der Waals surface area contributed by atoms with Gasteiger partial charge in [-0.2, -0.15) is 0 Å². The van der Waals surface area contributed by atoms with Crippen LogP contribution in [-0.2, 0) is 11.3 Å². The first kappa shape index (κ1) is 15.7. The van der Waals surface area contributed by atoms with Gasteiger partial charge in [0.25, 0.3) is 5.91 Å². The fourth-order valence-electron chi connectivity index (χ4n) is 2.03. The van der Waals surface area contributed by atoms with Gasteiger partial charge in [0.1, 0.15) is 5.75 Å². The number of nitrogens with zero attached hydrogens (tertiary/aromatic N) is 2. The maximum absolute atomic E-state index is 11.8. The summed E-state index contributed by atoms with van der Waals surface area (Å²) in [6.07, 6.45) is 0. The zero-order valence-electron chi connectivity index (χ0n) is 13.2. The maximum atomic E-state index is 11.8. The number of benzene rings is 2. The zero-order chi connectivity index (χ0) is 16.8. The average molecular weight is 323 g/mol. The Kier molecular flexibility index (Phi) is 4.86. The van der Waals surface area contributed by atoms with E-state index in [0.717, 1.165) is 11.1 Å². The van der Waals surface area contributed by atoms with Gasteiger partial charge < -0.3 is 14.5 Å². The molecule has 1 heterocycles. The molecule has 0 aliphatic rings. The van der Waals surface area contributed by atoms with Crippen molar-refractivity contribution in [3.05, 3.63) is 66.1 Å². The largest absolute Gasteiger partial charge is 0.484 e. The second kappa shape index (κ2) is 7.41. The highest BCUT2D eigenvalue weighted by Gasteiger charge is 2.09. The predicted molar refractivity (Wildman–Crippen MR) is 88.3 cm³/mol. The van der Waals surface area contributed by atoms with Crippen molar-refractivity contribution in [3.8, 4) is 17.2 Å². The van der Waals surface area contributed by atoms with Crippen LogP contribution < -0.4 is 10.1 Å². The number of carbonyl (C=O) groups excluding carboxylic acids is 1. The summed E-state index contributed by atoms with van der Waals surface area (Å²) in [5, 5.41) is 10.6. The van der Waals surface area contributed by atoms with E-state index in [9.17, 15) is 4.79 Å². The Morgan fingerprint density at radius 2 is 1.83 bits per heavy atom. The number of nitrogens with one attached hydrogen (secondary N) is 1. The Morgan fingerprint density at radius 3 is 2.58 bits per heavy atom. The number of carbonyl (C=O) groups is 1. The molecule has 0 radical (unpaired) electrons. The van der Waals surface area contributed by atoms with Crippen LogP contribution in [0, 0.1) is 6.92 Å². The van der Waals surface area contributed by atoms with Gasteiger partial charge >= 0.3 is 0 Å². The maximum Gasteiger partial charge on any atom is 0.258 e. The molecule has 0 spiro atoms. The van der Waals surface area contributed by atoms with Gasteiger partial charge in [0.15, 0.2) is 6.61 Å². The lowest BCUT2D eigenvalue weighted by Gasteiger charge is -2.06. The van der Waals surface area contributed by atoms with Gasteiger partial charge in [0.2, 0.25) is 11.8 Å². The molecule has 24 heavy (non-hydrogen) atoms. The minimum atomic E-state index is -0.255. The SMILES string of the molecule is Cc1ccc(OCC(=O)NCc2nnc(-c3ccccc3)o2)cc1. The number of aromatic nitrogens is 2. The Morgan fingerprint density at radius 1 is 1.08 bits per heavy atom. The lowest BCUT2D eigenvalue weighted by molar-refractivity contribution is -0.123. The molecule has 3 rings (SSSR count). The summed E-state index contributed by atoms with van der Waals surface area (Å²) in [7, 11) is 0. The predicted octanol–water partition coefficient (Wildman–Crippen LogP) is 2.74. The van der Waals surface area contributed by atoms with Crippen molar-refractivity contribution in [2.75, 3.05) is 6.61 Å². The van der Waals surface area contributed by atoms with Crippen molar-refractivity contribution in [1.82, 2.24) is 15.5 Å². The van der Waals surface area contributed by atoms with Gasteiger partial charge in [0.05, 0.1) is 6.54 Å². The highest BCUT2D eigenvalue weighted by molar-refractivity contribution is 5.77. The first-order chi connectivity index (χ1) is 11.7. The number of hydrogen-bond donors (Lipinski definition) is 1. The smallest absolute Gasteiger partial charge is 0.258 e. The van der Waals surface area contributed by atoms with E-state index in [-0.39, 0.29) is 19.1 Å². The van der Waals surface area contributed by atoms with Crippen molar-refractivity contribution in [2.45, 2.75) is 13.5 Å². The van der Waals surface area contributed by atoms with Crippen LogP contribution in [0.25, 0.3) is 11.5 Å². The minimum Gasteiger partial charge on any atom is -0.484 e. The molecule has 122 valence electrons. The van der Waals surface area contributed by atoms with Crippen LogP contribution in [0.3, 0.4) is 0 Å². The second-order valence-electron chi connectivity index (χ2n) is 5.25. The van der Waals surface area contributed by atoms with Crippen molar-refractivity contribution >= 4 is 5.91 Å². The van der Waals surface area contributed by atoms with Gasteiger partial charge in [0, 0.05) is 5.56 Å². The normalized spacial score (nSPS) is 10.4. The Bertz CT molecular complexity index is 798. The summed E-state index contributed by atoms with van der Waals surface area (Å²) >= 11 is 0. The molecule has 1 N–H and O–H groups in total. The summed E-state index contributed by atoms with van der Waals surface area (Å²) in [6.45, 7) is 2.09. The van der Waals surface area contributed by atoms with E-state index >= 15 is 0 Å². The van der Waals surface area contributed by atoms with E-state index in [0.29, 0.717) is 17.5 Å². The highest BCUT2D eigenvalue weighted by atomic mass is 16.5. The third kappa shape index (κ3) is 4.19. The molecular weight excluding hydrogens is 306 g/mol. The second-order valence-corrected chi connectivity index (χ2v) is 5.25. The fraction of sp³-hybridized carbons (Fsp3) is 0.167. The molecule has 2 aromatic carbocycles. The van der Waals surface area contributed by atoms with Crippen LogP contribution in [0.5, 0.6) is 5.75 Å². The molecule has 0 aliphatic heterocycles. The summed E-state index contributed by atoms with van der Waals surface area (Å²) in [6, 6.07) is 17.0. The number of rotatable bonds is 6. The van der Waals surface area contributed by atoms with Crippen molar-refractivity contribution in [1.29, 1.82) is 0 Å². The van der Waals surface area contributed by atoms with E-state index in [4.69, 9.17) is 9.15 Å². The Balaban J connectivity index is 1.48. The van der Waals surface area contributed by atoms with E-state index in [1.165, 1.54) is 0 Å². The lowest BCUT2D eigenvalue weighted by atomic mass is 10.2. The fourth-order valence-corrected chi connectivity index (χ4v) is 2.03. The minimum absolute atomic E-state index is 0.0667. The van der Waals surface area contributed by atoms with Crippen molar-refractivity contribution in [2.24, 2.45) is 0 Å². The Hall–Kier alpha value is -3.15. The lowest BCUT2D eigenvalue weighted by Crippen LogP contribution is -2.28. The molecule has 1 aromatic heterocycles. The van der Waals surface area contributed by atoms with Crippen molar-refractivity contribution in [3.63, 3.8) is 0 Å². The van der Waals surface area contributed by atoms with Crippen molar-refractivity contribution < 1.29 is 13.9 Å². The average Bonchev–Trinajstić information content (AvgIpc) is 3.09. The van der Waals surface area contributed by atoms with E-state index < -0.39 is 0 Å². The number of ether oxygens (including phenoxy) is 1. The van der Waals surface area contributed by atoms with Crippen LogP contribution >= 0.6 is 0 Å². The zero-order valence-corrected chi connectivity index (χ0v) is 13.2. The summed E-state index contributed by atoms with van der Waals surface area (Å²) < 4.78 is 10.9. The van der Waals surface area contributed by atoms with Gasteiger partial charge in [-0.1, -0.05) is 35.9 Å². The molecule has 0 fully saturated rings. The standard InChI is InChI=1S/C18H17N3O3/c1-13-7-9-15(10-8-13)23-12-16(22)19-11-17-20-21-18(24-17)14-5-3-2-4-6-14/h2-10H,11-12H2,1H3,(H,19,22). The third-order valence-corrected chi connectivity index (χ3v) is 3.32. The van der Waals surface area contributed by atoms with Gasteiger partial charge in [-0.25, -0.2) is 0 Å². The van der Waals surface area contributed by atoms with Crippen LogP contribution in [0.2, 0.25) is 0 Å². The molecule has 3 aromatic rings.